The van der Waals surface area contributed by atoms with Crippen LogP contribution in [-0.4, -0.2) is 30.2 Å². The molecule has 8 nitrogen and oxygen atoms in total. The second-order valence-electron chi connectivity index (χ2n) is 6.28. The molecule has 0 unspecified atom stereocenters. The van der Waals surface area contributed by atoms with Crippen molar-refractivity contribution in [2.45, 2.75) is 6.92 Å². The highest BCUT2D eigenvalue weighted by atomic mass is 32.2. The number of aromatic amines is 1. The van der Waals surface area contributed by atoms with Crippen LogP contribution in [0.3, 0.4) is 0 Å². The van der Waals surface area contributed by atoms with Gasteiger partial charge in [-0.25, -0.2) is 8.42 Å². The number of carboxylic acid groups (broad SMARTS) is 1. The van der Waals surface area contributed by atoms with Gasteiger partial charge in [-0.1, -0.05) is 18.2 Å². The molecule has 0 saturated heterocycles. The fraction of sp³-hybridized carbons (Fsp3) is 0.100. The van der Waals surface area contributed by atoms with Crippen LogP contribution in [0.25, 0.3) is 11.1 Å². The molecular formula is C20H18N2O6S. The zero-order chi connectivity index (χ0) is 21.0. The molecule has 0 saturated carbocycles. The van der Waals surface area contributed by atoms with Gasteiger partial charge in [-0.05, 0) is 43.3 Å². The first kappa shape index (κ1) is 20.2. The molecule has 0 radical (unpaired) electrons. The van der Waals surface area contributed by atoms with Gasteiger partial charge in [0.25, 0.3) is 5.56 Å². The maximum Gasteiger partial charge on any atom is 0.320 e. The van der Waals surface area contributed by atoms with Crippen LogP contribution in [-0.2, 0) is 14.8 Å². The highest BCUT2D eigenvalue weighted by Gasteiger charge is 2.17. The SMILES string of the molecule is Cc1cc(-c2cc(NS(=O)(=O)CC(=O)O)ccc2Oc2ccccc2)c[nH]c1=O. The van der Waals surface area contributed by atoms with Crippen molar-refractivity contribution in [1.29, 1.82) is 0 Å². The maximum atomic E-state index is 12.0. The molecule has 0 bridgehead atoms. The lowest BCUT2D eigenvalue weighted by Gasteiger charge is -2.14. The average Bonchev–Trinajstić information content (AvgIpc) is 2.65. The van der Waals surface area contributed by atoms with Crippen LogP contribution in [0.5, 0.6) is 11.5 Å². The minimum atomic E-state index is -4.07. The summed E-state index contributed by atoms with van der Waals surface area (Å²) in [6.07, 6.45) is 1.50. The van der Waals surface area contributed by atoms with Crippen molar-refractivity contribution in [3.8, 4) is 22.6 Å². The number of para-hydroxylation sites is 1. The van der Waals surface area contributed by atoms with Crippen LogP contribution >= 0.6 is 0 Å². The Morgan fingerprint density at radius 2 is 1.86 bits per heavy atom. The van der Waals surface area contributed by atoms with Gasteiger partial charge in [0.15, 0.2) is 5.75 Å². The van der Waals surface area contributed by atoms with Crippen molar-refractivity contribution in [3.63, 3.8) is 0 Å². The topological polar surface area (TPSA) is 126 Å². The molecule has 0 aliphatic heterocycles. The molecule has 9 heteroatoms. The zero-order valence-electron chi connectivity index (χ0n) is 15.4. The third-order valence-corrected chi connectivity index (χ3v) is 5.11. The second-order valence-corrected chi connectivity index (χ2v) is 8.00. The molecule has 29 heavy (non-hydrogen) atoms. The number of aliphatic carboxylic acids is 1. The molecule has 3 rings (SSSR count). The number of pyridine rings is 1. The third kappa shape index (κ3) is 5.23. The van der Waals surface area contributed by atoms with Gasteiger partial charge in [-0.3, -0.25) is 14.3 Å². The zero-order valence-corrected chi connectivity index (χ0v) is 16.2. The Kier molecular flexibility index (Phi) is 5.69. The fourth-order valence-electron chi connectivity index (χ4n) is 2.65. The highest BCUT2D eigenvalue weighted by molar-refractivity contribution is 7.93. The van der Waals surface area contributed by atoms with Crippen LogP contribution in [0.1, 0.15) is 5.56 Å². The summed E-state index contributed by atoms with van der Waals surface area (Å²) in [7, 11) is -4.07. The van der Waals surface area contributed by atoms with Gasteiger partial charge in [0.05, 0.1) is 0 Å². The van der Waals surface area contributed by atoms with Crippen LogP contribution in [0.4, 0.5) is 5.69 Å². The Morgan fingerprint density at radius 1 is 1.14 bits per heavy atom. The number of carbonyl (C=O) groups is 1. The van der Waals surface area contributed by atoms with Crippen molar-refractivity contribution < 1.29 is 23.1 Å². The summed E-state index contributed by atoms with van der Waals surface area (Å²) in [5.41, 5.74) is 1.53. The van der Waals surface area contributed by atoms with Gasteiger partial charge >= 0.3 is 5.97 Å². The van der Waals surface area contributed by atoms with Crippen molar-refractivity contribution in [1.82, 2.24) is 4.98 Å². The molecule has 0 amide bonds. The molecule has 1 aromatic heterocycles. The quantitative estimate of drug-likeness (QED) is 0.546. The normalized spacial score (nSPS) is 11.1. The van der Waals surface area contributed by atoms with Crippen molar-refractivity contribution in [2.75, 3.05) is 10.5 Å². The van der Waals surface area contributed by atoms with E-state index in [-0.39, 0.29) is 11.2 Å². The largest absolute Gasteiger partial charge is 0.480 e. The van der Waals surface area contributed by atoms with Crippen molar-refractivity contribution in [2.24, 2.45) is 0 Å². The van der Waals surface area contributed by atoms with Gasteiger partial charge in [0.1, 0.15) is 11.5 Å². The predicted octanol–water partition coefficient (Wildman–Crippen LogP) is 2.97. The molecule has 0 spiro atoms. The molecule has 2 aromatic carbocycles. The summed E-state index contributed by atoms with van der Waals surface area (Å²) in [4.78, 5) is 25.1. The number of hydrogen-bond donors (Lipinski definition) is 3. The number of aromatic nitrogens is 1. The number of anilines is 1. The van der Waals surface area contributed by atoms with Crippen LogP contribution < -0.4 is 15.0 Å². The first-order valence-corrected chi connectivity index (χ1v) is 10.2. The smallest absolute Gasteiger partial charge is 0.320 e. The van der Waals surface area contributed by atoms with Crippen LogP contribution in [0.2, 0.25) is 0 Å². The summed E-state index contributed by atoms with van der Waals surface area (Å²) in [5.74, 6) is -1.50. The number of ether oxygens (including phenoxy) is 1. The van der Waals surface area contributed by atoms with Gasteiger partial charge in [0, 0.05) is 28.6 Å². The number of benzene rings is 2. The van der Waals surface area contributed by atoms with E-state index in [4.69, 9.17) is 9.84 Å². The maximum absolute atomic E-state index is 12.0. The number of H-pyrrole nitrogens is 1. The molecule has 150 valence electrons. The first-order chi connectivity index (χ1) is 13.7. The number of hydrogen-bond acceptors (Lipinski definition) is 5. The van der Waals surface area contributed by atoms with Crippen LogP contribution in [0, 0.1) is 6.92 Å². The number of sulfonamides is 1. The Balaban J connectivity index is 2.05. The van der Waals surface area contributed by atoms with Gasteiger partial charge in [0.2, 0.25) is 10.0 Å². The van der Waals surface area contributed by atoms with E-state index in [0.717, 1.165) is 0 Å². The average molecular weight is 414 g/mol. The number of nitrogens with one attached hydrogen (secondary N) is 2. The summed E-state index contributed by atoms with van der Waals surface area (Å²) >= 11 is 0. The van der Waals surface area contributed by atoms with E-state index in [9.17, 15) is 18.0 Å². The van der Waals surface area contributed by atoms with E-state index in [0.29, 0.717) is 28.2 Å². The monoisotopic (exact) mass is 414 g/mol. The molecule has 0 aliphatic carbocycles. The molecule has 3 aromatic rings. The van der Waals surface area contributed by atoms with Gasteiger partial charge in [-0.15, -0.1) is 0 Å². The van der Waals surface area contributed by atoms with Crippen molar-refractivity contribution in [3.05, 3.63) is 76.7 Å². The predicted molar refractivity (Wildman–Crippen MR) is 109 cm³/mol. The Bertz CT molecular complexity index is 1200. The molecular weight excluding hydrogens is 396 g/mol. The summed E-state index contributed by atoms with van der Waals surface area (Å²) < 4.78 is 32.1. The van der Waals surface area contributed by atoms with E-state index >= 15 is 0 Å². The molecule has 0 aliphatic rings. The second kappa shape index (κ2) is 8.19. The standard InChI is InChI=1S/C20H18N2O6S/c1-13-9-14(11-21-20(13)25)17-10-15(22-29(26,27)12-19(23)24)7-8-18(17)28-16-5-3-2-4-6-16/h2-11,22H,12H2,1H3,(H,21,25)(H,23,24). The molecule has 0 fully saturated rings. The summed E-state index contributed by atoms with van der Waals surface area (Å²) in [6, 6.07) is 15.2. The first-order valence-electron chi connectivity index (χ1n) is 8.52. The summed E-state index contributed by atoms with van der Waals surface area (Å²) in [6.45, 7) is 1.65. The number of carboxylic acids is 1. The van der Waals surface area contributed by atoms with Crippen LogP contribution in [0.15, 0.2) is 65.6 Å². The third-order valence-electron chi connectivity index (χ3n) is 3.94. The molecule has 0 atom stereocenters. The Hall–Kier alpha value is -3.59. The molecule has 1 heterocycles. The lowest BCUT2D eigenvalue weighted by Crippen LogP contribution is -2.22. The van der Waals surface area contributed by atoms with Gasteiger partial charge in [-0.2, -0.15) is 0 Å². The van der Waals surface area contributed by atoms with E-state index < -0.39 is 21.7 Å². The van der Waals surface area contributed by atoms with E-state index in [1.807, 2.05) is 18.2 Å². The lowest BCUT2D eigenvalue weighted by molar-refractivity contribution is -0.134. The Morgan fingerprint density at radius 3 is 2.52 bits per heavy atom. The van der Waals surface area contributed by atoms with Crippen molar-refractivity contribution >= 4 is 21.7 Å². The summed E-state index contributed by atoms with van der Waals surface area (Å²) in [5, 5.41) is 8.75. The lowest BCUT2D eigenvalue weighted by atomic mass is 10.0. The number of rotatable bonds is 7. The minimum Gasteiger partial charge on any atom is -0.480 e. The number of aryl methyl sites for hydroxylation is 1. The van der Waals surface area contributed by atoms with Gasteiger partial charge < -0.3 is 14.8 Å². The fourth-order valence-corrected chi connectivity index (χ4v) is 3.54. The minimum absolute atomic E-state index is 0.172. The Labute approximate surface area is 166 Å². The highest BCUT2D eigenvalue weighted by Crippen LogP contribution is 2.35. The molecule has 3 N–H and O–H groups in total. The van der Waals surface area contributed by atoms with E-state index in [1.165, 1.54) is 18.3 Å². The van der Waals surface area contributed by atoms with E-state index in [1.54, 1.807) is 31.2 Å². The van der Waals surface area contributed by atoms with E-state index in [2.05, 4.69) is 9.71 Å².